The molecule has 1 aromatic carbocycles. The molecule has 31 heavy (non-hydrogen) atoms. The molecule has 1 amide bonds. The van der Waals surface area contributed by atoms with E-state index < -0.39 is 11.7 Å². The third-order valence-electron chi connectivity index (χ3n) is 5.48. The number of amides is 1. The van der Waals surface area contributed by atoms with E-state index in [0.29, 0.717) is 26.2 Å². The van der Waals surface area contributed by atoms with Gasteiger partial charge in [-0.15, -0.1) is 0 Å². The molecule has 1 saturated heterocycles. The number of hydroxylamine groups is 1. The van der Waals surface area contributed by atoms with Gasteiger partial charge in [0.05, 0.1) is 19.3 Å². The van der Waals surface area contributed by atoms with Crippen LogP contribution in [-0.4, -0.2) is 70.1 Å². The van der Waals surface area contributed by atoms with Gasteiger partial charge in [0, 0.05) is 39.6 Å². The van der Waals surface area contributed by atoms with Gasteiger partial charge in [-0.05, 0) is 42.4 Å². The second kappa shape index (κ2) is 10.6. The number of rotatable bonds is 9. The van der Waals surface area contributed by atoms with Crippen molar-refractivity contribution in [2.24, 2.45) is 5.92 Å². The van der Waals surface area contributed by atoms with Crippen molar-refractivity contribution in [1.82, 2.24) is 24.7 Å². The molecule has 0 spiro atoms. The van der Waals surface area contributed by atoms with Crippen molar-refractivity contribution >= 4 is 11.6 Å². The number of likely N-dealkylation sites (tertiary alicyclic amines) is 1. The number of piperidine rings is 1. The van der Waals surface area contributed by atoms with Crippen molar-refractivity contribution in [2.75, 3.05) is 38.4 Å². The maximum atomic E-state index is 14.1. The van der Waals surface area contributed by atoms with Gasteiger partial charge in [-0.1, -0.05) is 12.1 Å². The molecular formula is C20H29FN6O4. The number of para-hydroxylation sites is 1. The second-order valence-electron chi connectivity index (χ2n) is 7.48. The first kappa shape index (κ1) is 23.0. The van der Waals surface area contributed by atoms with Crippen molar-refractivity contribution in [3.63, 3.8) is 0 Å². The second-order valence-corrected chi connectivity index (χ2v) is 7.48. The van der Waals surface area contributed by atoms with Crippen molar-refractivity contribution in [3.05, 3.63) is 40.6 Å². The van der Waals surface area contributed by atoms with Crippen LogP contribution in [0.1, 0.15) is 20.3 Å². The maximum absolute atomic E-state index is 14.1. The van der Waals surface area contributed by atoms with Crippen molar-refractivity contribution in [1.29, 1.82) is 0 Å². The molecule has 3 rings (SSSR count). The van der Waals surface area contributed by atoms with E-state index in [9.17, 15) is 14.0 Å². The molecule has 11 heteroatoms. The average molecular weight is 436 g/mol. The van der Waals surface area contributed by atoms with E-state index in [1.165, 1.54) is 28.4 Å². The fourth-order valence-electron chi connectivity index (χ4n) is 3.69. The molecule has 0 radical (unpaired) electrons. The van der Waals surface area contributed by atoms with Gasteiger partial charge in [-0.25, -0.2) is 9.18 Å². The Labute approximate surface area is 180 Å². The number of anilines is 1. The number of ether oxygens (including phenoxy) is 1. The smallest absolute Gasteiger partial charge is 0.363 e. The molecule has 0 N–H and O–H groups in total. The van der Waals surface area contributed by atoms with Crippen LogP contribution >= 0.6 is 0 Å². The molecule has 2 atom stereocenters. The van der Waals surface area contributed by atoms with E-state index in [1.807, 2.05) is 6.92 Å². The van der Waals surface area contributed by atoms with Crippen LogP contribution < -0.4 is 10.8 Å². The van der Waals surface area contributed by atoms with Gasteiger partial charge in [0.2, 0.25) is 5.91 Å². The van der Waals surface area contributed by atoms with Crippen LogP contribution in [0, 0.1) is 11.7 Å². The summed E-state index contributed by atoms with van der Waals surface area (Å²) < 4.78 is 22.4. The number of carbonyl (C=O) groups is 1. The third-order valence-corrected chi connectivity index (χ3v) is 5.48. The summed E-state index contributed by atoms with van der Waals surface area (Å²) in [6.07, 6.45) is 0.657. The van der Waals surface area contributed by atoms with Gasteiger partial charge in [0.1, 0.15) is 11.5 Å². The highest BCUT2D eigenvalue weighted by Crippen LogP contribution is 2.24. The molecule has 0 bridgehead atoms. The molecule has 1 aromatic heterocycles. The summed E-state index contributed by atoms with van der Waals surface area (Å²) in [5.41, 5.74) is -0.126. The van der Waals surface area contributed by atoms with Crippen LogP contribution in [0.25, 0.3) is 0 Å². The zero-order valence-corrected chi connectivity index (χ0v) is 18.1. The molecule has 2 aromatic rings. The minimum atomic E-state index is -0.522. The summed E-state index contributed by atoms with van der Waals surface area (Å²) in [5, 5.41) is 8.72. The van der Waals surface area contributed by atoms with Gasteiger partial charge in [-0.3, -0.25) is 14.5 Å². The number of hydrogen-bond donors (Lipinski definition) is 0. The van der Waals surface area contributed by atoms with E-state index in [0.717, 1.165) is 18.0 Å². The van der Waals surface area contributed by atoms with E-state index in [4.69, 9.17) is 9.57 Å². The number of nitrogens with zero attached hydrogens (tertiary/aromatic N) is 6. The van der Waals surface area contributed by atoms with Crippen LogP contribution in [0.3, 0.4) is 0 Å². The standard InChI is InChI=1S/C20H29FN6O4/c1-4-25-20(29)26(23-22-25)12-11-24-10-9-16(19(13-24)30-3)14-31-27(15(2)28)18-8-6-5-7-17(18)21/h5-8,16,19H,4,9-14H2,1-3H3/t16-,19+/m1/s1. The predicted octanol–water partition coefficient (Wildman–Crippen LogP) is 0.920. The molecule has 1 aliphatic heterocycles. The maximum Gasteiger partial charge on any atom is 0.363 e. The van der Waals surface area contributed by atoms with Crippen molar-refractivity contribution in [2.45, 2.75) is 39.5 Å². The lowest BCUT2D eigenvalue weighted by Crippen LogP contribution is -2.48. The number of halogens is 1. The van der Waals surface area contributed by atoms with Gasteiger partial charge >= 0.3 is 5.69 Å². The Morgan fingerprint density at radius 3 is 2.65 bits per heavy atom. The number of hydrogen-bond acceptors (Lipinski definition) is 7. The zero-order chi connectivity index (χ0) is 22.4. The van der Waals surface area contributed by atoms with E-state index in [1.54, 1.807) is 19.2 Å². The number of methoxy groups -OCH3 is 1. The molecule has 170 valence electrons. The number of aromatic nitrogens is 4. The third kappa shape index (κ3) is 5.54. The van der Waals surface area contributed by atoms with E-state index in [-0.39, 0.29) is 30.0 Å². The summed E-state index contributed by atoms with van der Waals surface area (Å²) in [6.45, 7) is 6.41. The normalized spacial score (nSPS) is 19.5. The van der Waals surface area contributed by atoms with Gasteiger partial charge in [-0.2, -0.15) is 14.4 Å². The van der Waals surface area contributed by atoms with Crippen molar-refractivity contribution in [3.8, 4) is 0 Å². The van der Waals surface area contributed by atoms with Crippen LogP contribution in [0.4, 0.5) is 10.1 Å². The number of aryl methyl sites for hydroxylation is 1. The largest absolute Gasteiger partial charge is 0.380 e. The quantitative estimate of drug-likeness (QED) is 0.540. The summed E-state index contributed by atoms with van der Waals surface area (Å²) in [4.78, 5) is 32.0. The van der Waals surface area contributed by atoms with Crippen molar-refractivity contribution < 1.29 is 18.8 Å². The minimum Gasteiger partial charge on any atom is -0.380 e. The highest BCUT2D eigenvalue weighted by molar-refractivity contribution is 5.89. The number of benzene rings is 1. The summed E-state index contributed by atoms with van der Waals surface area (Å²) >= 11 is 0. The monoisotopic (exact) mass is 436 g/mol. The van der Waals surface area contributed by atoms with E-state index >= 15 is 0 Å². The minimum absolute atomic E-state index is 0.0403. The predicted molar refractivity (Wildman–Crippen MR) is 111 cm³/mol. The Balaban J connectivity index is 1.55. The molecule has 1 aliphatic rings. The summed E-state index contributed by atoms with van der Waals surface area (Å²) in [7, 11) is 1.64. The fraction of sp³-hybridized carbons (Fsp3) is 0.600. The molecule has 10 nitrogen and oxygen atoms in total. The summed E-state index contributed by atoms with van der Waals surface area (Å²) in [5.74, 6) is -0.883. The van der Waals surface area contributed by atoms with Crippen LogP contribution in [-0.2, 0) is 27.5 Å². The molecular weight excluding hydrogens is 407 g/mol. The fourth-order valence-corrected chi connectivity index (χ4v) is 3.69. The van der Waals surface area contributed by atoms with Crippen LogP contribution in [0.15, 0.2) is 29.1 Å². The number of tetrazole rings is 1. The molecule has 0 aliphatic carbocycles. The lowest BCUT2D eigenvalue weighted by Gasteiger charge is -2.38. The topological polar surface area (TPSA) is 94.7 Å². The van der Waals surface area contributed by atoms with Gasteiger partial charge < -0.3 is 4.74 Å². The SMILES string of the molecule is CCn1nnn(CCN2CC[C@H](CON(C(C)=O)c3ccccc3F)[C@@H](OC)C2)c1=O. The molecule has 2 heterocycles. The highest BCUT2D eigenvalue weighted by atomic mass is 19.1. The first-order valence-corrected chi connectivity index (χ1v) is 10.4. The Kier molecular flexibility index (Phi) is 7.88. The molecule has 0 unspecified atom stereocenters. The van der Waals surface area contributed by atoms with Gasteiger partial charge in [0.15, 0.2) is 0 Å². The molecule has 0 saturated carbocycles. The van der Waals surface area contributed by atoms with Gasteiger partial charge in [0.25, 0.3) is 0 Å². The summed E-state index contributed by atoms with van der Waals surface area (Å²) in [6, 6.07) is 6.00. The lowest BCUT2D eigenvalue weighted by atomic mass is 9.94. The van der Waals surface area contributed by atoms with E-state index in [2.05, 4.69) is 15.3 Å². The first-order valence-electron chi connectivity index (χ1n) is 10.4. The highest BCUT2D eigenvalue weighted by Gasteiger charge is 2.31. The molecule has 1 fully saturated rings. The Bertz CT molecular complexity index is 932. The lowest BCUT2D eigenvalue weighted by molar-refractivity contribution is -0.126. The Morgan fingerprint density at radius 1 is 1.26 bits per heavy atom. The first-order chi connectivity index (χ1) is 14.9. The Morgan fingerprint density at radius 2 is 2.00 bits per heavy atom. The van der Waals surface area contributed by atoms with Crippen LogP contribution in [0.2, 0.25) is 0 Å². The average Bonchev–Trinajstić information content (AvgIpc) is 3.13. The van der Waals surface area contributed by atoms with Crippen LogP contribution in [0.5, 0.6) is 0 Å². The number of carbonyl (C=O) groups excluding carboxylic acids is 1. The zero-order valence-electron chi connectivity index (χ0n) is 18.1. The Hall–Kier alpha value is -2.63.